The molecular formula is C16H19FN2O. The summed E-state index contributed by atoms with van der Waals surface area (Å²) in [5.74, 6) is -0.258. The molecule has 2 N–H and O–H groups in total. The number of nitrogens with two attached hydrogens (primary N) is 1. The van der Waals surface area contributed by atoms with Crippen LogP contribution in [0.15, 0.2) is 42.7 Å². The third kappa shape index (κ3) is 4.40. The first-order chi connectivity index (χ1) is 9.79. The van der Waals surface area contributed by atoms with Gasteiger partial charge >= 0.3 is 0 Å². The summed E-state index contributed by atoms with van der Waals surface area (Å²) in [5.41, 5.74) is 8.62. The van der Waals surface area contributed by atoms with Crippen LogP contribution in [-0.2, 0) is 24.3 Å². The molecule has 0 radical (unpaired) electrons. The van der Waals surface area contributed by atoms with Crippen molar-refractivity contribution in [3.8, 4) is 0 Å². The number of nitrogens with zero attached hydrogens (tertiary/aromatic N) is 1. The Balaban J connectivity index is 1.73. The number of rotatable bonds is 7. The van der Waals surface area contributed by atoms with E-state index in [0.717, 1.165) is 24.0 Å². The third-order valence-electron chi connectivity index (χ3n) is 3.15. The van der Waals surface area contributed by atoms with Gasteiger partial charge in [0.1, 0.15) is 5.82 Å². The smallest absolute Gasteiger partial charge is 0.123 e. The standard InChI is InChI=1S/C16H19FN2O/c17-16-4-3-14(15(10-16)11-18)12-20-9-1-2-13-5-7-19-8-6-13/h3-8,10H,1-2,9,11-12,18H2. The molecule has 0 unspecified atom stereocenters. The van der Waals surface area contributed by atoms with Gasteiger partial charge in [0.2, 0.25) is 0 Å². The van der Waals surface area contributed by atoms with Crippen molar-refractivity contribution in [2.75, 3.05) is 6.61 Å². The van der Waals surface area contributed by atoms with Gasteiger partial charge in [0.15, 0.2) is 0 Å². The van der Waals surface area contributed by atoms with E-state index in [1.807, 2.05) is 12.1 Å². The molecule has 0 aliphatic rings. The highest BCUT2D eigenvalue weighted by atomic mass is 19.1. The number of ether oxygens (including phenoxy) is 1. The van der Waals surface area contributed by atoms with Crippen molar-refractivity contribution in [3.05, 3.63) is 65.2 Å². The minimum Gasteiger partial charge on any atom is -0.377 e. The number of pyridine rings is 1. The number of aromatic nitrogens is 1. The Kier molecular flexibility index (Phi) is 5.65. The molecule has 4 heteroatoms. The highest BCUT2D eigenvalue weighted by molar-refractivity contribution is 5.27. The van der Waals surface area contributed by atoms with Gasteiger partial charge in [-0.2, -0.15) is 0 Å². The zero-order valence-electron chi connectivity index (χ0n) is 11.4. The Hall–Kier alpha value is -1.78. The average molecular weight is 274 g/mol. The molecule has 0 amide bonds. The summed E-state index contributed by atoms with van der Waals surface area (Å²) in [5, 5.41) is 0. The Morgan fingerprint density at radius 1 is 1.10 bits per heavy atom. The lowest BCUT2D eigenvalue weighted by Crippen LogP contribution is -2.05. The summed E-state index contributed by atoms with van der Waals surface area (Å²) >= 11 is 0. The number of aryl methyl sites for hydroxylation is 1. The molecule has 3 nitrogen and oxygen atoms in total. The molecule has 2 aromatic rings. The summed E-state index contributed by atoms with van der Waals surface area (Å²) in [6.07, 6.45) is 5.50. The molecule has 1 heterocycles. The van der Waals surface area contributed by atoms with Gasteiger partial charge in [-0.05, 0) is 53.8 Å². The fourth-order valence-electron chi connectivity index (χ4n) is 2.04. The maximum Gasteiger partial charge on any atom is 0.123 e. The first-order valence-electron chi connectivity index (χ1n) is 6.73. The normalized spacial score (nSPS) is 10.7. The highest BCUT2D eigenvalue weighted by Crippen LogP contribution is 2.12. The number of halogens is 1. The van der Waals surface area contributed by atoms with Crippen LogP contribution >= 0.6 is 0 Å². The van der Waals surface area contributed by atoms with Crippen LogP contribution in [0.25, 0.3) is 0 Å². The van der Waals surface area contributed by atoms with Gasteiger partial charge in [-0.25, -0.2) is 4.39 Å². The van der Waals surface area contributed by atoms with Crippen LogP contribution in [0.1, 0.15) is 23.1 Å². The highest BCUT2D eigenvalue weighted by Gasteiger charge is 2.03. The lowest BCUT2D eigenvalue weighted by Gasteiger charge is -2.09. The summed E-state index contributed by atoms with van der Waals surface area (Å²) in [6, 6.07) is 8.66. The Labute approximate surface area is 118 Å². The van der Waals surface area contributed by atoms with E-state index in [0.29, 0.717) is 19.8 Å². The molecule has 0 atom stereocenters. The molecule has 0 aliphatic carbocycles. The van der Waals surface area contributed by atoms with Gasteiger partial charge < -0.3 is 10.5 Å². The average Bonchev–Trinajstić information content (AvgIpc) is 2.49. The Morgan fingerprint density at radius 3 is 2.65 bits per heavy atom. The Morgan fingerprint density at radius 2 is 1.90 bits per heavy atom. The topological polar surface area (TPSA) is 48.1 Å². The van der Waals surface area contributed by atoms with E-state index in [1.54, 1.807) is 18.5 Å². The van der Waals surface area contributed by atoms with E-state index < -0.39 is 0 Å². The van der Waals surface area contributed by atoms with Gasteiger partial charge in [0.25, 0.3) is 0 Å². The predicted molar refractivity (Wildman–Crippen MR) is 76.5 cm³/mol. The van der Waals surface area contributed by atoms with Crippen molar-refractivity contribution >= 4 is 0 Å². The zero-order chi connectivity index (χ0) is 14.2. The van der Waals surface area contributed by atoms with Crippen LogP contribution in [0.3, 0.4) is 0 Å². The monoisotopic (exact) mass is 274 g/mol. The second-order valence-electron chi connectivity index (χ2n) is 4.63. The molecule has 0 saturated carbocycles. The largest absolute Gasteiger partial charge is 0.377 e. The number of benzene rings is 1. The summed E-state index contributed by atoms with van der Waals surface area (Å²) in [7, 11) is 0. The molecule has 20 heavy (non-hydrogen) atoms. The number of hydrogen-bond donors (Lipinski definition) is 1. The first-order valence-corrected chi connectivity index (χ1v) is 6.73. The van der Waals surface area contributed by atoms with Gasteiger partial charge in [0.05, 0.1) is 6.61 Å². The van der Waals surface area contributed by atoms with Crippen molar-refractivity contribution < 1.29 is 9.13 Å². The van der Waals surface area contributed by atoms with Crippen LogP contribution in [-0.4, -0.2) is 11.6 Å². The van der Waals surface area contributed by atoms with Crippen molar-refractivity contribution in [2.24, 2.45) is 5.73 Å². The lowest BCUT2D eigenvalue weighted by atomic mass is 10.1. The van der Waals surface area contributed by atoms with Crippen molar-refractivity contribution in [3.63, 3.8) is 0 Å². The fraction of sp³-hybridized carbons (Fsp3) is 0.312. The van der Waals surface area contributed by atoms with E-state index in [1.165, 1.54) is 17.7 Å². The minimum absolute atomic E-state index is 0.258. The molecule has 0 saturated heterocycles. The van der Waals surface area contributed by atoms with E-state index in [4.69, 9.17) is 10.5 Å². The van der Waals surface area contributed by atoms with E-state index in [9.17, 15) is 4.39 Å². The van der Waals surface area contributed by atoms with Crippen molar-refractivity contribution in [1.29, 1.82) is 0 Å². The maximum absolute atomic E-state index is 13.1. The van der Waals surface area contributed by atoms with Crippen LogP contribution in [0, 0.1) is 5.82 Å². The molecule has 1 aromatic heterocycles. The van der Waals surface area contributed by atoms with Crippen LogP contribution in [0.4, 0.5) is 4.39 Å². The van der Waals surface area contributed by atoms with Crippen LogP contribution in [0.5, 0.6) is 0 Å². The molecule has 0 fully saturated rings. The fourth-order valence-corrected chi connectivity index (χ4v) is 2.04. The van der Waals surface area contributed by atoms with Gasteiger partial charge in [-0.3, -0.25) is 4.98 Å². The van der Waals surface area contributed by atoms with Gasteiger partial charge in [0, 0.05) is 25.5 Å². The van der Waals surface area contributed by atoms with Crippen molar-refractivity contribution in [2.45, 2.75) is 26.0 Å². The second-order valence-corrected chi connectivity index (χ2v) is 4.63. The molecule has 0 bridgehead atoms. The SMILES string of the molecule is NCc1cc(F)ccc1COCCCc1ccncc1. The van der Waals surface area contributed by atoms with Gasteiger partial charge in [-0.1, -0.05) is 6.07 Å². The van der Waals surface area contributed by atoms with E-state index in [2.05, 4.69) is 4.98 Å². The second kappa shape index (κ2) is 7.72. The van der Waals surface area contributed by atoms with Gasteiger partial charge in [-0.15, -0.1) is 0 Å². The van der Waals surface area contributed by atoms with Crippen LogP contribution < -0.4 is 5.73 Å². The molecule has 0 aliphatic heterocycles. The molecule has 1 aromatic carbocycles. The predicted octanol–water partition coefficient (Wildman–Crippen LogP) is 2.83. The Bertz CT molecular complexity index is 531. The third-order valence-corrected chi connectivity index (χ3v) is 3.15. The van der Waals surface area contributed by atoms with E-state index in [-0.39, 0.29) is 5.82 Å². The number of hydrogen-bond acceptors (Lipinski definition) is 3. The van der Waals surface area contributed by atoms with Crippen LogP contribution in [0.2, 0.25) is 0 Å². The summed E-state index contributed by atoms with van der Waals surface area (Å²) in [4.78, 5) is 3.98. The minimum atomic E-state index is -0.258. The molecular weight excluding hydrogens is 255 g/mol. The van der Waals surface area contributed by atoms with E-state index >= 15 is 0 Å². The van der Waals surface area contributed by atoms with Crippen molar-refractivity contribution in [1.82, 2.24) is 4.98 Å². The summed E-state index contributed by atoms with van der Waals surface area (Å²) in [6.45, 7) is 1.47. The quantitative estimate of drug-likeness (QED) is 0.790. The molecule has 0 spiro atoms. The lowest BCUT2D eigenvalue weighted by molar-refractivity contribution is 0.118. The zero-order valence-corrected chi connectivity index (χ0v) is 11.4. The molecule has 106 valence electrons. The maximum atomic E-state index is 13.1. The first kappa shape index (κ1) is 14.6. The molecule has 2 rings (SSSR count). The summed E-state index contributed by atoms with van der Waals surface area (Å²) < 4.78 is 18.7.